The molecule has 7 heteroatoms. The summed E-state index contributed by atoms with van der Waals surface area (Å²) in [4.78, 5) is 10.7. The molecule has 0 aromatic heterocycles. The standard InChI is InChI=1S/C18H20N2O5/c1-22-15-6-13(7-16-18(15)25-11-24-16)9-20-8-12-2-4-14(5-3-12)23-10-17(19)21/h2-7,20H,8-11H2,1H3,(H2,19,21). The third kappa shape index (κ3) is 4.33. The molecule has 2 aromatic rings. The number of benzene rings is 2. The molecule has 0 bridgehead atoms. The Bertz CT molecular complexity index is 746. The molecule has 132 valence electrons. The number of nitrogens with two attached hydrogens (primary N) is 1. The molecule has 0 radical (unpaired) electrons. The number of primary amides is 1. The Labute approximate surface area is 145 Å². The summed E-state index contributed by atoms with van der Waals surface area (Å²) in [7, 11) is 1.61. The normalized spacial score (nSPS) is 12.0. The molecule has 0 fully saturated rings. The van der Waals surface area contributed by atoms with Crippen molar-refractivity contribution in [1.82, 2.24) is 5.32 Å². The van der Waals surface area contributed by atoms with E-state index in [2.05, 4.69) is 5.32 Å². The van der Waals surface area contributed by atoms with Crippen molar-refractivity contribution in [2.45, 2.75) is 13.1 Å². The first-order chi connectivity index (χ1) is 12.2. The zero-order valence-electron chi connectivity index (χ0n) is 13.9. The molecule has 1 amide bonds. The maximum Gasteiger partial charge on any atom is 0.255 e. The lowest BCUT2D eigenvalue weighted by atomic mass is 10.1. The second-order valence-corrected chi connectivity index (χ2v) is 5.53. The van der Waals surface area contributed by atoms with Crippen molar-refractivity contribution in [3.63, 3.8) is 0 Å². The highest BCUT2D eigenvalue weighted by molar-refractivity contribution is 5.75. The highest BCUT2D eigenvalue weighted by Gasteiger charge is 2.19. The third-order valence-corrected chi connectivity index (χ3v) is 3.68. The van der Waals surface area contributed by atoms with Gasteiger partial charge in [0, 0.05) is 13.1 Å². The maximum absolute atomic E-state index is 10.7. The van der Waals surface area contributed by atoms with Crippen molar-refractivity contribution in [2.75, 3.05) is 20.5 Å². The molecule has 7 nitrogen and oxygen atoms in total. The lowest BCUT2D eigenvalue weighted by Crippen LogP contribution is -2.20. The van der Waals surface area contributed by atoms with E-state index in [1.807, 2.05) is 36.4 Å². The Balaban J connectivity index is 1.54. The zero-order chi connectivity index (χ0) is 17.6. The van der Waals surface area contributed by atoms with Gasteiger partial charge in [0.2, 0.25) is 12.5 Å². The third-order valence-electron chi connectivity index (χ3n) is 3.68. The summed E-state index contributed by atoms with van der Waals surface area (Å²) < 4.78 is 21.4. The van der Waals surface area contributed by atoms with E-state index in [0.29, 0.717) is 36.1 Å². The second kappa shape index (κ2) is 7.76. The van der Waals surface area contributed by atoms with E-state index >= 15 is 0 Å². The average Bonchev–Trinajstić information content (AvgIpc) is 3.09. The number of rotatable bonds is 8. The second-order valence-electron chi connectivity index (χ2n) is 5.53. The molecule has 0 atom stereocenters. The van der Waals surface area contributed by atoms with E-state index in [4.69, 9.17) is 24.7 Å². The largest absolute Gasteiger partial charge is 0.493 e. The number of amides is 1. The summed E-state index contributed by atoms with van der Waals surface area (Å²) in [6, 6.07) is 11.4. The Kier molecular flexibility index (Phi) is 5.25. The minimum absolute atomic E-state index is 0.121. The van der Waals surface area contributed by atoms with Crippen LogP contribution in [0.3, 0.4) is 0 Å². The highest BCUT2D eigenvalue weighted by Crippen LogP contribution is 2.41. The molecule has 0 saturated heterocycles. The van der Waals surface area contributed by atoms with Crippen LogP contribution in [0.2, 0.25) is 0 Å². The first-order valence-corrected chi connectivity index (χ1v) is 7.83. The Morgan fingerprint density at radius 2 is 1.92 bits per heavy atom. The lowest BCUT2D eigenvalue weighted by molar-refractivity contribution is -0.119. The van der Waals surface area contributed by atoms with Crippen molar-refractivity contribution in [3.05, 3.63) is 47.5 Å². The van der Waals surface area contributed by atoms with E-state index in [1.165, 1.54) is 0 Å². The van der Waals surface area contributed by atoms with Crippen LogP contribution in [0.15, 0.2) is 36.4 Å². The molecule has 0 aliphatic carbocycles. The van der Waals surface area contributed by atoms with E-state index in [9.17, 15) is 4.79 Å². The molecule has 0 spiro atoms. The number of nitrogens with one attached hydrogen (secondary N) is 1. The quantitative estimate of drug-likeness (QED) is 0.755. The SMILES string of the molecule is COc1cc(CNCc2ccc(OCC(N)=O)cc2)cc2c1OCO2. The molecule has 1 heterocycles. The molecule has 25 heavy (non-hydrogen) atoms. The van der Waals surface area contributed by atoms with Gasteiger partial charge in [-0.05, 0) is 35.4 Å². The summed E-state index contributed by atoms with van der Waals surface area (Å²) in [5, 5.41) is 3.36. The average molecular weight is 344 g/mol. The Morgan fingerprint density at radius 3 is 2.64 bits per heavy atom. The molecule has 1 aliphatic rings. The van der Waals surface area contributed by atoms with Crippen molar-refractivity contribution >= 4 is 5.91 Å². The van der Waals surface area contributed by atoms with Gasteiger partial charge in [0.25, 0.3) is 5.91 Å². The first kappa shape index (κ1) is 16.9. The lowest BCUT2D eigenvalue weighted by Gasteiger charge is -2.10. The first-order valence-electron chi connectivity index (χ1n) is 7.83. The summed E-state index contributed by atoms with van der Waals surface area (Å²) in [5.74, 6) is 2.14. The van der Waals surface area contributed by atoms with Gasteiger partial charge >= 0.3 is 0 Å². The van der Waals surface area contributed by atoms with E-state index in [1.54, 1.807) is 7.11 Å². The minimum Gasteiger partial charge on any atom is -0.493 e. The summed E-state index contributed by atoms with van der Waals surface area (Å²) in [5.41, 5.74) is 7.19. The van der Waals surface area contributed by atoms with Crippen LogP contribution in [0.25, 0.3) is 0 Å². The minimum atomic E-state index is -0.495. The van der Waals surface area contributed by atoms with Gasteiger partial charge in [0.1, 0.15) is 5.75 Å². The predicted molar refractivity (Wildman–Crippen MR) is 90.8 cm³/mol. The van der Waals surface area contributed by atoms with E-state index < -0.39 is 5.91 Å². The fraction of sp³-hybridized carbons (Fsp3) is 0.278. The number of hydrogen-bond donors (Lipinski definition) is 2. The smallest absolute Gasteiger partial charge is 0.255 e. The van der Waals surface area contributed by atoms with Crippen molar-refractivity contribution in [2.24, 2.45) is 5.73 Å². The van der Waals surface area contributed by atoms with Gasteiger partial charge in [-0.15, -0.1) is 0 Å². The monoisotopic (exact) mass is 344 g/mol. The maximum atomic E-state index is 10.7. The van der Waals surface area contributed by atoms with Crippen molar-refractivity contribution < 1.29 is 23.7 Å². The van der Waals surface area contributed by atoms with Crippen LogP contribution in [0.4, 0.5) is 0 Å². The number of ether oxygens (including phenoxy) is 4. The number of hydrogen-bond acceptors (Lipinski definition) is 6. The predicted octanol–water partition coefficient (Wildman–Crippen LogP) is 1.58. The molecule has 1 aliphatic heterocycles. The van der Waals surface area contributed by atoms with Crippen LogP contribution in [-0.4, -0.2) is 26.4 Å². The Morgan fingerprint density at radius 1 is 1.16 bits per heavy atom. The summed E-state index contributed by atoms with van der Waals surface area (Å²) in [6.45, 7) is 1.44. The molecule has 2 aromatic carbocycles. The van der Waals surface area contributed by atoms with Crippen molar-refractivity contribution in [3.8, 4) is 23.0 Å². The van der Waals surface area contributed by atoms with Crippen LogP contribution >= 0.6 is 0 Å². The molecule has 3 N–H and O–H groups in total. The number of methoxy groups -OCH3 is 1. The van der Waals surface area contributed by atoms with Gasteiger partial charge in [0.15, 0.2) is 18.1 Å². The number of fused-ring (bicyclic) bond motifs is 1. The molecule has 0 unspecified atom stereocenters. The van der Waals surface area contributed by atoms with Gasteiger partial charge in [0.05, 0.1) is 7.11 Å². The van der Waals surface area contributed by atoms with Crippen LogP contribution < -0.4 is 30.0 Å². The number of carbonyl (C=O) groups is 1. The summed E-state index contributed by atoms with van der Waals surface area (Å²) in [6.07, 6.45) is 0. The fourth-order valence-corrected chi connectivity index (χ4v) is 2.50. The zero-order valence-corrected chi connectivity index (χ0v) is 13.9. The number of carbonyl (C=O) groups excluding carboxylic acids is 1. The van der Waals surface area contributed by atoms with Gasteiger partial charge in [-0.25, -0.2) is 0 Å². The van der Waals surface area contributed by atoms with Gasteiger partial charge in [-0.3, -0.25) is 4.79 Å². The molecule has 0 saturated carbocycles. The summed E-state index contributed by atoms with van der Waals surface area (Å²) >= 11 is 0. The Hall–Kier alpha value is -2.93. The van der Waals surface area contributed by atoms with Crippen LogP contribution in [-0.2, 0) is 17.9 Å². The van der Waals surface area contributed by atoms with Gasteiger partial charge in [-0.1, -0.05) is 12.1 Å². The van der Waals surface area contributed by atoms with Gasteiger partial charge < -0.3 is 30.0 Å². The van der Waals surface area contributed by atoms with Crippen LogP contribution in [0.5, 0.6) is 23.0 Å². The van der Waals surface area contributed by atoms with E-state index in [0.717, 1.165) is 11.1 Å². The highest BCUT2D eigenvalue weighted by atomic mass is 16.7. The topological polar surface area (TPSA) is 92.0 Å². The van der Waals surface area contributed by atoms with E-state index in [-0.39, 0.29) is 13.4 Å². The van der Waals surface area contributed by atoms with Crippen LogP contribution in [0.1, 0.15) is 11.1 Å². The fourth-order valence-electron chi connectivity index (χ4n) is 2.50. The molecular formula is C18H20N2O5. The van der Waals surface area contributed by atoms with Crippen LogP contribution in [0, 0.1) is 0 Å². The van der Waals surface area contributed by atoms with Crippen molar-refractivity contribution in [1.29, 1.82) is 0 Å². The van der Waals surface area contributed by atoms with Gasteiger partial charge in [-0.2, -0.15) is 0 Å². The molecular weight excluding hydrogens is 324 g/mol. The molecule has 3 rings (SSSR count).